The minimum absolute atomic E-state index is 0.229. The van der Waals surface area contributed by atoms with E-state index in [9.17, 15) is 9.90 Å². The van der Waals surface area contributed by atoms with Gasteiger partial charge in [-0.1, -0.05) is 29.8 Å². The Labute approximate surface area is 127 Å². The van der Waals surface area contributed by atoms with E-state index < -0.39 is 12.1 Å². The van der Waals surface area contributed by atoms with Gasteiger partial charge in [0.2, 0.25) is 0 Å². The second-order valence-electron chi connectivity index (χ2n) is 4.46. The summed E-state index contributed by atoms with van der Waals surface area (Å²) in [5, 5.41) is 9.87. The number of carboxylic acid groups (broad SMARTS) is 1. The fourth-order valence-corrected chi connectivity index (χ4v) is 2.11. The summed E-state index contributed by atoms with van der Waals surface area (Å²) in [7, 11) is 1.54. The smallest absolute Gasteiger partial charge is 0.345 e. The van der Waals surface area contributed by atoms with E-state index in [-0.39, 0.29) is 6.42 Å². The fourth-order valence-electron chi connectivity index (χ4n) is 1.90. The first-order chi connectivity index (χ1) is 10.1. The molecule has 5 heteroatoms. The molecule has 0 saturated carbocycles. The second-order valence-corrected chi connectivity index (χ2v) is 4.89. The Kier molecular flexibility index (Phi) is 5.06. The molecule has 0 radical (unpaired) electrons. The van der Waals surface area contributed by atoms with Crippen LogP contribution < -0.4 is 9.47 Å². The number of hydrogen-bond donors (Lipinski definition) is 1. The summed E-state index contributed by atoms with van der Waals surface area (Å²) in [5.74, 6) is 0.0287. The summed E-state index contributed by atoms with van der Waals surface area (Å²) in [6.45, 7) is 0. The van der Waals surface area contributed by atoms with Crippen LogP contribution in [0.1, 0.15) is 5.56 Å². The second kappa shape index (κ2) is 6.99. The van der Waals surface area contributed by atoms with Crippen molar-refractivity contribution in [2.24, 2.45) is 0 Å². The number of halogens is 1. The van der Waals surface area contributed by atoms with Gasteiger partial charge in [-0.3, -0.25) is 0 Å². The molecule has 0 heterocycles. The summed E-state index contributed by atoms with van der Waals surface area (Å²) in [6.07, 6.45) is -0.761. The molecule has 0 unspecified atom stereocenters. The molecule has 2 rings (SSSR count). The SMILES string of the molecule is COc1cccc(O[C@H](Cc2cccc(Cl)c2)C(=O)O)c1. The van der Waals surface area contributed by atoms with Crippen molar-refractivity contribution in [1.29, 1.82) is 0 Å². The van der Waals surface area contributed by atoms with Crippen LogP contribution in [0.2, 0.25) is 5.02 Å². The third kappa shape index (κ3) is 4.39. The molecule has 2 aromatic carbocycles. The number of carboxylic acids is 1. The quantitative estimate of drug-likeness (QED) is 0.888. The Balaban J connectivity index is 2.13. The largest absolute Gasteiger partial charge is 0.497 e. The normalized spacial score (nSPS) is 11.7. The zero-order valence-corrected chi connectivity index (χ0v) is 12.2. The highest BCUT2D eigenvalue weighted by molar-refractivity contribution is 6.30. The van der Waals surface area contributed by atoms with Crippen LogP contribution in [-0.4, -0.2) is 24.3 Å². The van der Waals surface area contributed by atoms with Crippen molar-refractivity contribution in [3.63, 3.8) is 0 Å². The number of aliphatic carboxylic acids is 1. The molecule has 0 aliphatic heterocycles. The van der Waals surface area contributed by atoms with Crippen molar-refractivity contribution in [2.75, 3.05) is 7.11 Å². The Morgan fingerprint density at radius 1 is 1.19 bits per heavy atom. The molecule has 0 aliphatic carbocycles. The van der Waals surface area contributed by atoms with Crippen molar-refractivity contribution < 1.29 is 19.4 Å². The average Bonchev–Trinajstić information content (AvgIpc) is 2.47. The number of hydrogen-bond acceptors (Lipinski definition) is 3. The zero-order valence-electron chi connectivity index (χ0n) is 11.5. The maximum absolute atomic E-state index is 11.4. The predicted molar refractivity (Wildman–Crippen MR) is 80.2 cm³/mol. The van der Waals surface area contributed by atoms with E-state index in [0.717, 1.165) is 5.56 Å². The van der Waals surface area contributed by atoms with Gasteiger partial charge in [0.05, 0.1) is 7.11 Å². The van der Waals surface area contributed by atoms with Crippen molar-refractivity contribution in [3.05, 3.63) is 59.1 Å². The Morgan fingerprint density at radius 2 is 1.90 bits per heavy atom. The topological polar surface area (TPSA) is 55.8 Å². The minimum atomic E-state index is -1.03. The molecule has 0 spiro atoms. The van der Waals surface area contributed by atoms with Crippen LogP contribution in [-0.2, 0) is 11.2 Å². The van der Waals surface area contributed by atoms with Gasteiger partial charge in [0, 0.05) is 17.5 Å². The molecule has 0 aliphatic rings. The van der Waals surface area contributed by atoms with Crippen LogP contribution >= 0.6 is 11.6 Å². The summed E-state index contributed by atoms with van der Waals surface area (Å²) < 4.78 is 10.6. The van der Waals surface area contributed by atoms with E-state index in [4.69, 9.17) is 21.1 Å². The highest BCUT2D eigenvalue weighted by Gasteiger charge is 2.20. The van der Waals surface area contributed by atoms with Gasteiger partial charge in [-0.25, -0.2) is 4.79 Å². The van der Waals surface area contributed by atoms with Crippen molar-refractivity contribution in [3.8, 4) is 11.5 Å². The van der Waals surface area contributed by atoms with Gasteiger partial charge in [-0.05, 0) is 29.8 Å². The van der Waals surface area contributed by atoms with Crippen molar-refractivity contribution in [1.82, 2.24) is 0 Å². The van der Waals surface area contributed by atoms with Crippen LogP contribution in [0.3, 0.4) is 0 Å². The first-order valence-corrected chi connectivity index (χ1v) is 6.74. The van der Waals surface area contributed by atoms with Gasteiger partial charge in [0.15, 0.2) is 6.10 Å². The molecule has 4 nitrogen and oxygen atoms in total. The highest BCUT2D eigenvalue weighted by Crippen LogP contribution is 2.21. The molecule has 110 valence electrons. The average molecular weight is 307 g/mol. The van der Waals surface area contributed by atoms with Gasteiger partial charge in [0.25, 0.3) is 0 Å². The van der Waals surface area contributed by atoms with Gasteiger partial charge in [-0.2, -0.15) is 0 Å². The van der Waals surface area contributed by atoms with Crippen LogP contribution in [0.25, 0.3) is 0 Å². The number of carbonyl (C=O) groups is 1. The van der Waals surface area contributed by atoms with Crippen molar-refractivity contribution >= 4 is 17.6 Å². The minimum Gasteiger partial charge on any atom is -0.497 e. The Bertz CT molecular complexity index is 627. The van der Waals surface area contributed by atoms with E-state index in [0.29, 0.717) is 16.5 Å². The lowest BCUT2D eigenvalue weighted by Crippen LogP contribution is -2.29. The van der Waals surface area contributed by atoms with E-state index in [1.807, 2.05) is 6.07 Å². The number of ether oxygens (including phenoxy) is 2. The number of methoxy groups -OCH3 is 1. The maximum Gasteiger partial charge on any atom is 0.345 e. The van der Waals surface area contributed by atoms with Gasteiger partial charge in [-0.15, -0.1) is 0 Å². The molecule has 1 atom stereocenters. The highest BCUT2D eigenvalue weighted by atomic mass is 35.5. The Hall–Kier alpha value is -2.20. The van der Waals surface area contributed by atoms with Gasteiger partial charge >= 0.3 is 5.97 Å². The van der Waals surface area contributed by atoms with Crippen LogP contribution in [0.4, 0.5) is 0 Å². The molecule has 1 N–H and O–H groups in total. The standard InChI is InChI=1S/C16H15ClO4/c1-20-13-6-3-7-14(10-13)21-15(16(18)19)9-11-4-2-5-12(17)8-11/h2-8,10,15H,9H2,1H3,(H,18,19)/t15-/m1/s1. The fraction of sp³-hybridized carbons (Fsp3) is 0.188. The first kappa shape index (κ1) is 15.2. The monoisotopic (exact) mass is 306 g/mol. The third-order valence-corrected chi connectivity index (χ3v) is 3.14. The van der Waals surface area contributed by atoms with E-state index >= 15 is 0 Å². The molecule has 0 amide bonds. The number of benzene rings is 2. The van der Waals surface area contributed by atoms with Crippen LogP contribution in [0, 0.1) is 0 Å². The lowest BCUT2D eigenvalue weighted by atomic mass is 10.1. The summed E-state index contributed by atoms with van der Waals surface area (Å²) in [5.41, 5.74) is 0.804. The maximum atomic E-state index is 11.4. The van der Waals surface area contributed by atoms with Crippen LogP contribution in [0.15, 0.2) is 48.5 Å². The van der Waals surface area contributed by atoms with Gasteiger partial charge in [0.1, 0.15) is 11.5 Å². The lowest BCUT2D eigenvalue weighted by Gasteiger charge is -2.16. The van der Waals surface area contributed by atoms with Gasteiger partial charge < -0.3 is 14.6 Å². The summed E-state index contributed by atoms with van der Waals surface area (Å²) in [4.78, 5) is 11.4. The van der Waals surface area contributed by atoms with E-state index in [1.165, 1.54) is 0 Å². The molecule has 0 bridgehead atoms. The molecule has 2 aromatic rings. The molecule has 0 aromatic heterocycles. The molecular weight excluding hydrogens is 292 g/mol. The summed E-state index contributed by atoms with van der Waals surface area (Å²) in [6, 6.07) is 13.9. The summed E-state index contributed by atoms with van der Waals surface area (Å²) >= 11 is 5.90. The van der Waals surface area contributed by atoms with E-state index in [2.05, 4.69) is 0 Å². The third-order valence-electron chi connectivity index (χ3n) is 2.91. The van der Waals surface area contributed by atoms with Crippen LogP contribution in [0.5, 0.6) is 11.5 Å². The Morgan fingerprint density at radius 3 is 2.57 bits per heavy atom. The number of rotatable bonds is 6. The van der Waals surface area contributed by atoms with E-state index in [1.54, 1.807) is 49.6 Å². The lowest BCUT2D eigenvalue weighted by molar-refractivity contribution is -0.145. The molecule has 0 saturated heterocycles. The van der Waals surface area contributed by atoms with Crippen molar-refractivity contribution in [2.45, 2.75) is 12.5 Å². The first-order valence-electron chi connectivity index (χ1n) is 6.36. The zero-order chi connectivity index (χ0) is 15.2. The molecule has 21 heavy (non-hydrogen) atoms. The molecule has 0 fully saturated rings. The molecular formula is C16H15ClO4. The predicted octanol–water partition coefficient (Wildman–Crippen LogP) is 3.42.